The van der Waals surface area contributed by atoms with Crippen LogP contribution in [0.15, 0.2) is 58.7 Å². The van der Waals surface area contributed by atoms with Crippen LogP contribution in [-0.4, -0.2) is 29.4 Å². The Morgan fingerprint density at radius 2 is 0.675 bits per heavy atom. The van der Waals surface area contributed by atoms with Crippen molar-refractivity contribution in [1.29, 1.82) is 0 Å². The molecular formula is C36H46O3Si. The molecule has 40 heavy (non-hydrogen) atoms. The molecule has 3 nitrogen and oxygen atoms in total. The van der Waals surface area contributed by atoms with Crippen molar-refractivity contribution < 1.29 is 14.2 Å². The zero-order valence-electron chi connectivity index (χ0n) is 26.8. The summed E-state index contributed by atoms with van der Waals surface area (Å²) in [6, 6.07) is 13.4. The van der Waals surface area contributed by atoms with Crippen LogP contribution in [0.5, 0.6) is 17.2 Å². The third-order valence-electron chi connectivity index (χ3n) is 9.53. The van der Waals surface area contributed by atoms with E-state index in [0.717, 1.165) is 33.9 Å². The fourth-order valence-electron chi connectivity index (χ4n) is 7.42. The molecule has 4 rings (SSSR count). The SMILES string of the molecule is COc1c(C)ccc(C)c1[Si](c1c(C)ccc(C)c1OC)(c1c(C)ccc(C)c1OC)C1C(C)=C(C)C(C)=C1C. The fraction of sp³-hybridized carbons (Fsp3) is 0.389. The van der Waals surface area contributed by atoms with Gasteiger partial charge in [-0.2, -0.15) is 0 Å². The highest BCUT2D eigenvalue weighted by atomic mass is 28.3. The number of allylic oxidation sites excluding steroid dienone is 4. The maximum absolute atomic E-state index is 6.40. The van der Waals surface area contributed by atoms with Crippen LogP contribution in [0.2, 0.25) is 5.54 Å². The summed E-state index contributed by atoms with van der Waals surface area (Å²) < 4.78 is 19.2. The summed E-state index contributed by atoms with van der Waals surface area (Å²) in [5.41, 5.74) is 12.9. The second-order valence-electron chi connectivity index (χ2n) is 11.7. The second kappa shape index (κ2) is 11.0. The number of methoxy groups -OCH3 is 3. The fourth-order valence-corrected chi connectivity index (χ4v) is 14.9. The Morgan fingerprint density at radius 3 is 0.925 bits per heavy atom. The Balaban J connectivity index is 2.51. The van der Waals surface area contributed by atoms with E-state index in [0.29, 0.717) is 0 Å². The summed E-state index contributed by atoms with van der Waals surface area (Å²) in [5.74, 6) is 2.92. The molecule has 3 aromatic carbocycles. The van der Waals surface area contributed by atoms with E-state index in [1.54, 1.807) is 0 Å². The predicted molar refractivity (Wildman–Crippen MR) is 173 cm³/mol. The van der Waals surface area contributed by atoms with Gasteiger partial charge in [-0.25, -0.2) is 0 Å². The van der Waals surface area contributed by atoms with Crippen molar-refractivity contribution in [3.63, 3.8) is 0 Å². The van der Waals surface area contributed by atoms with E-state index in [4.69, 9.17) is 14.2 Å². The molecule has 0 saturated heterocycles. The lowest BCUT2D eigenvalue weighted by Crippen LogP contribution is -2.72. The quantitative estimate of drug-likeness (QED) is 0.231. The number of aryl methyl sites for hydroxylation is 6. The van der Waals surface area contributed by atoms with Gasteiger partial charge >= 0.3 is 0 Å². The molecule has 0 radical (unpaired) electrons. The van der Waals surface area contributed by atoms with Gasteiger partial charge in [-0.3, -0.25) is 0 Å². The minimum absolute atomic E-state index is 0.158. The number of ether oxygens (including phenoxy) is 3. The van der Waals surface area contributed by atoms with Crippen LogP contribution in [0.3, 0.4) is 0 Å². The van der Waals surface area contributed by atoms with Gasteiger partial charge < -0.3 is 14.2 Å². The molecule has 0 atom stereocenters. The first-order valence-corrected chi connectivity index (χ1v) is 16.3. The minimum atomic E-state index is -3.12. The summed E-state index contributed by atoms with van der Waals surface area (Å²) >= 11 is 0. The zero-order chi connectivity index (χ0) is 29.7. The van der Waals surface area contributed by atoms with Crippen LogP contribution in [0.4, 0.5) is 0 Å². The summed E-state index contributed by atoms with van der Waals surface area (Å²) in [6.45, 7) is 22.5. The average molecular weight is 555 g/mol. The molecule has 1 aliphatic carbocycles. The number of hydrogen-bond donors (Lipinski definition) is 0. The number of benzene rings is 3. The second-order valence-corrected chi connectivity index (χ2v) is 15.4. The topological polar surface area (TPSA) is 27.7 Å². The first kappa shape index (κ1) is 29.7. The van der Waals surface area contributed by atoms with E-state index in [2.05, 4.69) is 106 Å². The van der Waals surface area contributed by atoms with Crippen LogP contribution >= 0.6 is 0 Å². The molecule has 0 saturated carbocycles. The smallest absolute Gasteiger partial charge is 0.174 e. The van der Waals surface area contributed by atoms with Gasteiger partial charge in [0.1, 0.15) is 17.2 Å². The van der Waals surface area contributed by atoms with Crippen molar-refractivity contribution in [3.05, 3.63) is 92.1 Å². The Bertz CT molecular complexity index is 1390. The van der Waals surface area contributed by atoms with Crippen LogP contribution in [0.25, 0.3) is 0 Å². The zero-order valence-corrected chi connectivity index (χ0v) is 27.8. The Kier molecular flexibility index (Phi) is 8.15. The Morgan fingerprint density at radius 1 is 0.425 bits per heavy atom. The lowest BCUT2D eigenvalue weighted by Gasteiger charge is -2.45. The normalized spacial score (nSPS) is 14.3. The van der Waals surface area contributed by atoms with Crippen LogP contribution in [-0.2, 0) is 0 Å². The lowest BCUT2D eigenvalue weighted by molar-refractivity contribution is 0.412. The molecular weight excluding hydrogens is 508 g/mol. The van der Waals surface area contributed by atoms with E-state index in [-0.39, 0.29) is 5.54 Å². The van der Waals surface area contributed by atoms with Gasteiger partial charge in [0.25, 0.3) is 0 Å². The summed E-state index contributed by atoms with van der Waals surface area (Å²) in [6.07, 6.45) is 0. The highest BCUT2D eigenvalue weighted by molar-refractivity contribution is 7.15. The molecule has 1 aliphatic rings. The molecule has 0 amide bonds. The van der Waals surface area contributed by atoms with Crippen molar-refractivity contribution in [3.8, 4) is 17.2 Å². The van der Waals surface area contributed by atoms with E-state index in [9.17, 15) is 0 Å². The summed E-state index contributed by atoms with van der Waals surface area (Å²) in [7, 11) is 2.35. The number of hydrogen-bond acceptors (Lipinski definition) is 3. The minimum Gasteiger partial charge on any atom is -0.497 e. The predicted octanol–water partition coefficient (Wildman–Crippen LogP) is 7.09. The summed E-state index contributed by atoms with van der Waals surface area (Å²) in [4.78, 5) is 0. The lowest BCUT2D eigenvalue weighted by atomic mass is 10.1. The van der Waals surface area contributed by atoms with E-state index in [1.807, 2.05) is 21.3 Å². The van der Waals surface area contributed by atoms with Gasteiger partial charge in [-0.15, -0.1) is 0 Å². The standard InChI is InChI=1S/C36H46O3Si/c1-20-14-17-23(4)33(30(20)37-11)40(36-28(9)26(7)27(8)29(36)10,34-24(5)18-15-21(2)31(34)38-12)35-25(6)19-16-22(3)32(35)39-13/h14-19,36H,1-13H3. The molecule has 0 heterocycles. The maximum atomic E-state index is 6.40. The summed E-state index contributed by atoms with van der Waals surface area (Å²) in [5, 5.41) is 3.92. The molecule has 0 fully saturated rings. The van der Waals surface area contributed by atoms with Gasteiger partial charge in [0, 0.05) is 5.54 Å². The highest BCUT2D eigenvalue weighted by Gasteiger charge is 2.56. The average Bonchev–Trinajstić information content (AvgIpc) is 3.12. The molecule has 0 spiro atoms. The van der Waals surface area contributed by atoms with Crippen LogP contribution in [0, 0.1) is 41.5 Å². The van der Waals surface area contributed by atoms with Gasteiger partial charge in [0.05, 0.1) is 21.3 Å². The third kappa shape index (κ3) is 4.14. The van der Waals surface area contributed by atoms with Gasteiger partial charge in [0.15, 0.2) is 8.07 Å². The molecule has 0 bridgehead atoms. The molecule has 0 aliphatic heterocycles. The van der Waals surface area contributed by atoms with Crippen molar-refractivity contribution >= 4 is 23.6 Å². The van der Waals surface area contributed by atoms with Crippen molar-refractivity contribution in [2.75, 3.05) is 21.3 Å². The van der Waals surface area contributed by atoms with Crippen molar-refractivity contribution in [2.45, 2.75) is 74.8 Å². The largest absolute Gasteiger partial charge is 0.497 e. The maximum Gasteiger partial charge on any atom is 0.174 e. The molecule has 0 unspecified atom stereocenters. The van der Waals surface area contributed by atoms with Crippen molar-refractivity contribution in [1.82, 2.24) is 0 Å². The van der Waals surface area contributed by atoms with Crippen molar-refractivity contribution in [2.24, 2.45) is 0 Å². The highest BCUT2D eigenvalue weighted by Crippen LogP contribution is 2.49. The third-order valence-corrected chi connectivity index (χ3v) is 15.5. The van der Waals surface area contributed by atoms with Gasteiger partial charge in [-0.1, -0.05) is 47.5 Å². The van der Waals surface area contributed by atoms with E-state index >= 15 is 0 Å². The van der Waals surface area contributed by atoms with E-state index < -0.39 is 8.07 Å². The number of rotatable bonds is 7. The molecule has 3 aromatic rings. The van der Waals surface area contributed by atoms with Gasteiger partial charge in [0.2, 0.25) is 0 Å². The van der Waals surface area contributed by atoms with Gasteiger partial charge in [-0.05, 0) is 129 Å². The van der Waals surface area contributed by atoms with Crippen LogP contribution < -0.4 is 29.8 Å². The molecule has 4 heteroatoms. The molecule has 212 valence electrons. The molecule has 0 aromatic heterocycles. The Hall–Kier alpha value is -3.24. The first-order chi connectivity index (χ1) is 18.9. The Labute approximate surface area is 242 Å². The molecule has 0 N–H and O–H groups in total. The van der Waals surface area contributed by atoms with E-state index in [1.165, 1.54) is 54.5 Å². The monoisotopic (exact) mass is 554 g/mol. The van der Waals surface area contributed by atoms with Crippen LogP contribution in [0.1, 0.15) is 61.1 Å². The first-order valence-electron chi connectivity index (χ1n) is 14.2.